The van der Waals surface area contributed by atoms with E-state index in [-0.39, 0.29) is 17.5 Å². The number of anilines is 1. The quantitative estimate of drug-likeness (QED) is 0.872. The Morgan fingerprint density at radius 1 is 1.23 bits per heavy atom. The molecule has 1 fully saturated rings. The maximum atomic E-state index is 13.5. The van der Waals surface area contributed by atoms with Crippen molar-refractivity contribution >= 4 is 22.9 Å². The number of amides is 1. The van der Waals surface area contributed by atoms with Crippen molar-refractivity contribution in [2.45, 2.75) is 0 Å². The van der Waals surface area contributed by atoms with E-state index in [9.17, 15) is 9.18 Å². The van der Waals surface area contributed by atoms with Crippen LogP contribution in [0.3, 0.4) is 0 Å². The monoisotopic (exact) mass is 320 g/mol. The van der Waals surface area contributed by atoms with Crippen LogP contribution in [0.4, 0.5) is 10.1 Å². The lowest BCUT2D eigenvalue weighted by Crippen LogP contribution is -2.48. The van der Waals surface area contributed by atoms with Crippen molar-refractivity contribution in [3.8, 4) is 5.75 Å². The van der Waals surface area contributed by atoms with Crippen molar-refractivity contribution in [2.24, 2.45) is 0 Å². The number of ether oxygens (including phenoxy) is 1. The molecule has 116 valence electrons. The lowest BCUT2D eigenvalue weighted by molar-refractivity contribution is 0.0747. The van der Waals surface area contributed by atoms with E-state index in [1.165, 1.54) is 24.5 Å². The number of rotatable bonds is 3. The minimum absolute atomic E-state index is 0.0811. The number of carbonyl (C=O) groups is 1. The first-order valence-electron chi connectivity index (χ1n) is 7.09. The predicted molar refractivity (Wildman–Crippen MR) is 85.4 cm³/mol. The zero-order valence-electron chi connectivity index (χ0n) is 12.3. The van der Waals surface area contributed by atoms with Gasteiger partial charge in [-0.3, -0.25) is 4.79 Å². The topological polar surface area (TPSA) is 32.8 Å². The fraction of sp³-hybridized carbons (Fsp3) is 0.312. The summed E-state index contributed by atoms with van der Waals surface area (Å²) in [6.45, 7) is 2.78. The molecule has 1 aliphatic heterocycles. The summed E-state index contributed by atoms with van der Waals surface area (Å²) in [4.78, 5) is 16.3. The van der Waals surface area contributed by atoms with E-state index >= 15 is 0 Å². The number of thiophene rings is 1. The second-order valence-electron chi connectivity index (χ2n) is 5.11. The van der Waals surface area contributed by atoms with Crippen LogP contribution in [0, 0.1) is 5.82 Å². The third kappa shape index (κ3) is 2.92. The Bertz CT molecular complexity index is 652. The predicted octanol–water partition coefficient (Wildman–Crippen LogP) is 2.86. The van der Waals surface area contributed by atoms with Crippen LogP contribution >= 0.6 is 11.3 Å². The molecule has 22 heavy (non-hydrogen) atoms. The van der Waals surface area contributed by atoms with Crippen LogP contribution in [0.2, 0.25) is 0 Å². The summed E-state index contributed by atoms with van der Waals surface area (Å²) in [5.74, 6) is -0.0376. The molecule has 0 unspecified atom stereocenters. The van der Waals surface area contributed by atoms with Gasteiger partial charge < -0.3 is 14.5 Å². The van der Waals surface area contributed by atoms with E-state index in [0.29, 0.717) is 13.1 Å². The first-order valence-corrected chi connectivity index (χ1v) is 8.03. The number of benzene rings is 1. The smallest absolute Gasteiger partial charge is 0.254 e. The number of nitrogens with zero attached hydrogens (tertiary/aromatic N) is 2. The Labute approximate surface area is 132 Å². The van der Waals surface area contributed by atoms with Crippen molar-refractivity contribution in [1.82, 2.24) is 4.90 Å². The molecule has 1 aromatic heterocycles. The van der Waals surface area contributed by atoms with Gasteiger partial charge in [0, 0.05) is 43.3 Å². The fourth-order valence-corrected chi connectivity index (χ4v) is 3.21. The van der Waals surface area contributed by atoms with E-state index in [4.69, 9.17) is 4.74 Å². The second-order valence-corrected chi connectivity index (χ2v) is 5.89. The summed E-state index contributed by atoms with van der Waals surface area (Å²) in [6.07, 6.45) is 0. The fourth-order valence-electron chi connectivity index (χ4n) is 2.58. The van der Waals surface area contributed by atoms with Crippen molar-refractivity contribution in [3.05, 3.63) is 46.4 Å². The average Bonchev–Trinajstić information content (AvgIpc) is 3.09. The van der Waals surface area contributed by atoms with E-state index in [1.807, 2.05) is 21.7 Å². The molecule has 0 atom stereocenters. The molecule has 1 aromatic carbocycles. The lowest BCUT2D eigenvalue weighted by Gasteiger charge is -2.36. The molecule has 0 radical (unpaired) electrons. The summed E-state index contributed by atoms with van der Waals surface area (Å²) < 4.78 is 18.5. The lowest BCUT2D eigenvalue weighted by atomic mass is 10.2. The van der Waals surface area contributed by atoms with Crippen LogP contribution in [-0.2, 0) is 0 Å². The summed E-state index contributed by atoms with van der Waals surface area (Å²) in [5.41, 5.74) is 1.67. The zero-order valence-corrected chi connectivity index (χ0v) is 13.1. The van der Waals surface area contributed by atoms with Crippen molar-refractivity contribution < 1.29 is 13.9 Å². The maximum absolute atomic E-state index is 13.5. The van der Waals surface area contributed by atoms with E-state index in [0.717, 1.165) is 24.3 Å². The minimum Gasteiger partial charge on any atom is -0.494 e. The van der Waals surface area contributed by atoms with Crippen molar-refractivity contribution in [2.75, 3.05) is 38.2 Å². The second kappa shape index (κ2) is 6.36. The van der Waals surface area contributed by atoms with Gasteiger partial charge in [0.25, 0.3) is 5.91 Å². The van der Waals surface area contributed by atoms with Gasteiger partial charge in [-0.25, -0.2) is 4.39 Å². The van der Waals surface area contributed by atoms with Crippen LogP contribution in [0.25, 0.3) is 0 Å². The molecule has 0 aliphatic carbocycles. The first kappa shape index (κ1) is 14.8. The van der Waals surface area contributed by atoms with Crippen molar-refractivity contribution in [1.29, 1.82) is 0 Å². The van der Waals surface area contributed by atoms with E-state index < -0.39 is 0 Å². The number of methoxy groups -OCH3 is 1. The summed E-state index contributed by atoms with van der Waals surface area (Å²) in [7, 11) is 1.46. The van der Waals surface area contributed by atoms with Crippen LogP contribution in [0.15, 0.2) is 35.0 Å². The summed E-state index contributed by atoms with van der Waals surface area (Å²) in [6, 6.07) is 6.71. The largest absolute Gasteiger partial charge is 0.494 e. The molecule has 6 heteroatoms. The molecule has 1 aliphatic rings. The molecule has 3 rings (SSSR count). The van der Waals surface area contributed by atoms with Crippen LogP contribution in [0.1, 0.15) is 10.4 Å². The highest BCUT2D eigenvalue weighted by Gasteiger charge is 2.23. The molecule has 0 N–H and O–H groups in total. The molecule has 0 spiro atoms. The standard InChI is InChI=1S/C16H17FN2O2S/c1-21-15-10-13(2-3-14(15)17)18-5-7-19(8-6-18)16(20)12-4-9-22-11-12/h2-4,9-11H,5-8H2,1H3. The summed E-state index contributed by atoms with van der Waals surface area (Å²) in [5, 5.41) is 3.79. The van der Waals surface area contributed by atoms with Gasteiger partial charge >= 0.3 is 0 Å². The van der Waals surface area contributed by atoms with Gasteiger partial charge in [0.05, 0.1) is 12.7 Å². The molecule has 0 saturated carbocycles. The Morgan fingerprint density at radius 2 is 2.00 bits per heavy atom. The van der Waals surface area contributed by atoms with E-state index in [2.05, 4.69) is 4.90 Å². The number of hydrogen-bond donors (Lipinski definition) is 0. The van der Waals surface area contributed by atoms with Gasteiger partial charge in [-0.05, 0) is 23.6 Å². The third-order valence-corrected chi connectivity index (χ3v) is 4.52. The normalized spacial score (nSPS) is 15.0. The third-order valence-electron chi connectivity index (χ3n) is 3.83. The van der Waals surface area contributed by atoms with Crippen LogP contribution in [-0.4, -0.2) is 44.1 Å². The molecule has 2 heterocycles. The molecular weight excluding hydrogens is 303 g/mol. The van der Waals surface area contributed by atoms with Gasteiger partial charge in [0.2, 0.25) is 0 Å². The highest BCUT2D eigenvalue weighted by molar-refractivity contribution is 7.08. The van der Waals surface area contributed by atoms with Gasteiger partial charge in [0.1, 0.15) is 0 Å². The Morgan fingerprint density at radius 3 is 2.64 bits per heavy atom. The Kier molecular flexibility index (Phi) is 4.29. The molecule has 4 nitrogen and oxygen atoms in total. The highest BCUT2D eigenvalue weighted by Crippen LogP contribution is 2.25. The van der Waals surface area contributed by atoms with Crippen LogP contribution < -0.4 is 9.64 Å². The number of halogens is 1. The number of carbonyl (C=O) groups excluding carboxylic acids is 1. The van der Waals surface area contributed by atoms with Crippen LogP contribution in [0.5, 0.6) is 5.75 Å². The van der Waals surface area contributed by atoms with Crippen molar-refractivity contribution in [3.63, 3.8) is 0 Å². The Hall–Kier alpha value is -2.08. The minimum atomic E-state index is -0.363. The van der Waals surface area contributed by atoms with Gasteiger partial charge in [-0.15, -0.1) is 0 Å². The number of piperazine rings is 1. The molecule has 0 bridgehead atoms. The van der Waals surface area contributed by atoms with Gasteiger partial charge in [0.15, 0.2) is 11.6 Å². The molecular formula is C16H17FN2O2S. The average molecular weight is 320 g/mol. The van der Waals surface area contributed by atoms with Gasteiger partial charge in [-0.1, -0.05) is 0 Å². The maximum Gasteiger partial charge on any atom is 0.254 e. The first-order chi connectivity index (χ1) is 10.7. The number of hydrogen-bond acceptors (Lipinski definition) is 4. The zero-order chi connectivity index (χ0) is 15.5. The summed E-state index contributed by atoms with van der Waals surface area (Å²) >= 11 is 1.53. The molecule has 2 aromatic rings. The highest BCUT2D eigenvalue weighted by atomic mass is 32.1. The molecule has 1 saturated heterocycles. The molecule has 1 amide bonds. The van der Waals surface area contributed by atoms with Gasteiger partial charge in [-0.2, -0.15) is 11.3 Å². The Balaban J connectivity index is 1.65. The SMILES string of the molecule is COc1cc(N2CCN(C(=O)c3ccsc3)CC2)ccc1F. The van der Waals surface area contributed by atoms with E-state index in [1.54, 1.807) is 12.1 Å².